The number of hydrogen-bond acceptors (Lipinski definition) is 3. The van der Waals surface area contributed by atoms with E-state index in [-0.39, 0.29) is 5.91 Å². The lowest BCUT2D eigenvalue weighted by Gasteiger charge is -2.11. The minimum atomic E-state index is -0.170. The Morgan fingerprint density at radius 3 is 2.57 bits per heavy atom. The van der Waals surface area contributed by atoms with Gasteiger partial charge >= 0.3 is 0 Å². The molecule has 0 fully saturated rings. The Morgan fingerprint density at radius 1 is 1.19 bits per heavy atom. The molecule has 0 aliphatic rings. The van der Waals surface area contributed by atoms with Crippen LogP contribution >= 0.6 is 0 Å². The molecular formula is C17H20N2O2. The molecule has 4 nitrogen and oxygen atoms in total. The van der Waals surface area contributed by atoms with E-state index in [4.69, 9.17) is 10.5 Å². The third-order valence-electron chi connectivity index (χ3n) is 2.85. The molecule has 0 bridgehead atoms. The van der Waals surface area contributed by atoms with E-state index in [2.05, 4.69) is 19.2 Å². The molecule has 3 N–H and O–H groups in total. The number of carbonyl (C=O) groups is 1. The first kappa shape index (κ1) is 14.9. The Kier molecular flexibility index (Phi) is 4.82. The molecule has 0 radical (unpaired) electrons. The smallest absolute Gasteiger partial charge is 0.255 e. The van der Waals surface area contributed by atoms with E-state index in [9.17, 15) is 4.79 Å². The fourth-order valence-corrected chi connectivity index (χ4v) is 1.76. The van der Waals surface area contributed by atoms with Crippen LogP contribution in [0.25, 0.3) is 0 Å². The van der Waals surface area contributed by atoms with Crippen LogP contribution in [-0.2, 0) is 0 Å². The molecule has 0 unspecified atom stereocenters. The fraction of sp³-hybridized carbons (Fsp3) is 0.235. The summed E-state index contributed by atoms with van der Waals surface area (Å²) in [7, 11) is 0. The largest absolute Gasteiger partial charge is 0.493 e. The normalized spacial score (nSPS) is 10.4. The zero-order valence-corrected chi connectivity index (χ0v) is 12.3. The summed E-state index contributed by atoms with van der Waals surface area (Å²) >= 11 is 0. The van der Waals surface area contributed by atoms with Gasteiger partial charge in [0.25, 0.3) is 5.91 Å². The lowest BCUT2D eigenvalue weighted by molar-refractivity contribution is 0.102. The van der Waals surface area contributed by atoms with Gasteiger partial charge in [0.05, 0.1) is 6.61 Å². The van der Waals surface area contributed by atoms with Crippen molar-refractivity contribution in [2.75, 3.05) is 17.7 Å². The molecule has 1 amide bonds. The zero-order chi connectivity index (χ0) is 15.2. The molecule has 2 aromatic rings. The maximum Gasteiger partial charge on any atom is 0.255 e. The van der Waals surface area contributed by atoms with Crippen LogP contribution in [0.15, 0.2) is 48.5 Å². The second-order valence-electron chi connectivity index (χ2n) is 5.31. The first-order valence-corrected chi connectivity index (χ1v) is 6.94. The van der Waals surface area contributed by atoms with E-state index in [0.29, 0.717) is 29.5 Å². The van der Waals surface area contributed by atoms with Crippen molar-refractivity contribution in [3.05, 3.63) is 54.1 Å². The summed E-state index contributed by atoms with van der Waals surface area (Å²) in [6.45, 7) is 4.83. The van der Waals surface area contributed by atoms with Crippen molar-refractivity contribution in [3.8, 4) is 5.75 Å². The molecule has 0 heterocycles. The number of anilines is 2. The van der Waals surface area contributed by atoms with Crippen LogP contribution in [0.5, 0.6) is 5.75 Å². The van der Waals surface area contributed by atoms with E-state index in [0.717, 1.165) is 5.75 Å². The van der Waals surface area contributed by atoms with Crippen LogP contribution in [0, 0.1) is 5.92 Å². The summed E-state index contributed by atoms with van der Waals surface area (Å²) in [6.07, 6.45) is 0. The molecule has 0 atom stereocenters. The van der Waals surface area contributed by atoms with Gasteiger partial charge in [-0.25, -0.2) is 0 Å². The van der Waals surface area contributed by atoms with Gasteiger partial charge in [0.15, 0.2) is 0 Å². The number of nitrogen functional groups attached to an aromatic ring is 1. The van der Waals surface area contributed by atoms with Crippen LogP contribution in [0.3, 0.4) is 0 Å². The topological polar surface area (TPSA) is 64.3 Å². The highest BCUT2D eigenvalue weighted by atomic mass is 16.5. The van der Waals surface area contributed by atoms with Crippen LogP contribution in [0.2, 0.25) is 0 Å². The number of rotatable bonds is 5. The predicted octanol–water partition coefficient (Wildman–Crippen LogP) is 3.56. The number of nitrogens with two attached hydrogens (primary N) is 1. The number of nitrogens with one attached hydrogen (secondary N) is 1. The molecular weight excluding hydrogens is 264 g/mol. The molecule has 0 saturated heterocycles. The van der Waals surface area contributed by atoms with Crippen molar-refractivity contribution < 1.29 is 9.53 Å². The van der Waals surface area contributed by atoms with Crippen molar-refractivity contribution in [2.24, 2.45) is 5.92 Å². The van der Waals surface area contributed by atoms with Gasteiger partial charge < -0.3 is 15.8 Å². The first-order valence-electron chi connectivity index (χ1n) is 6.94. The summed E-state index contributed by atoms with van der Waals surface area (Å²) in [6, 6.07) is 14.2. The van der Waals surface area contributed by atoms with Crippen LogP contribution in [-0.4, -0.2) is 12.5 Å². The maximum atomic E-state index is 12.1. The van der Waals surface area contributed by atoms with Gasteiger partial charge in [-0.15, -0.1) is 0 Å². The van der Waals surface area contributed by atoms with Gasteiger partial charge in [0.2, 0.25) is 0 Å². The maximum absolute atomic E-state index is 12.1. The Hall–Kier alpha value is -2.49. The Balaban J connectivity index is 2.03. The van der Waals surface area contributed by atoms with E-state index < -0.39 is 0 Å². The van der Waals surface area contributed by atoms with E-state index >= 15 is 0 Å². The summed E-state index contributed by atoms with van der Waals surface area (Å²) in [5.74, 6) is 1.04. The van der Waals surface area contributed by atoms with Crippen molar-refractivity contribution in [1.29, 1.82) is 0 Å². The monoisotopic (exact) mass is 284 g/mol. The Bertz CT molecular complexity index is 606. The molecule has 2 rings (SSSR count). The Labute approximate surface area is 124 Å². The highest BCUT2D eigenvalue weighted by Crippen LogP contribution is 2.19. The third kappa shape index (κ3) is 4.53. The zero-order valence-electron chi connectivity index (χ0n) is 12.3. The van der Waals surface area contributed by atoms with Gasteiger partial charge in [-0.3, -0.25) is 4.79 Å². The van der Waals surface area contributed by atoms with Gasteiger partial charge in [-0.2, -0.15) is 0 Å². The first-order chi connectivity index (χ1) is 10.0. The highest BCUT2D eigenvalue weighted by molar-refractivity contribution is 6.04. The fourth-order valence-electron chi connectivity index (χ4n) is 1.76. The van der Waals surface area contributed by atoms with E-state index in [1.54, 1.807) is 24.3 Å². The molecule has 4 heteroatoms. The summed E-state index contributed by atoms with van der Waals surface area (Å²) in [5.41, 5.74) is 7.52. The molecule has 0 saturated carbocycles. The Morgan fingerprint density at radius 2 is 1.90 bits per heavy atom. The molecule has 0 aromatic heterocycles. The van der Waals surface area contributed by atoms with Crippen molar-refractivity contribution in [1.82, 2.24) is 0 Å². The molecule has 2 aromatic carbocycles. The molecule has 0 aliphatic heterocycles. The second-order valence-corrected chi connectivity index (χ2v) is 5.31. The number of hydrogen-bond donors (Lipinski definition) is 2. The van der Waals surface area contributed by atoms with Crippen molar-refractivity contribution in [2.45, 2.75) is 13.8 Å². The molecule has 0 spiro atoms. The average molecular weight is 284 g/mol. The number of ether oxygens (including phenoxy) is 1. The highest BCUT2D eigenvalue weighted by Gasteiger charge is 2.06. The average Bonchev–Trinajstić information content (AvgIpc) is 2.46. The minimum Gasteiger partial charge on any atom is -0.493 e. The van der Waals surface area contributed by atoms with E-state index in [1.165, 1.54) is 0 Å². The van der Waals surface area contributed by atoms with Crippen LogP contribution < -0.4 is 15.8 Å². The third-order valence-corrected chi connectivity index (χ3v) is 2.85. The SMILES string of the molecule is CC(C)COc1cccc(NC(=O)c2ccc(N)cc2)c1. The van der Waals surface area contributed by atoms with Crippen molar-refractivity contribution in [3.63, 3.8) is 0 Å². The van der Waals surface area contributed by atoms with Crippen molar-refractivity contribution >= 4 is 17.3 Å². The van der Waals surface area contributed by atoms with Gasteiger partial charge in [0.1, 0.15) is 5.75 Å². The molecule has 21 heavy (non-hydrogen) atoms. The standard InChI is InChI=1S/C17H20N2O2/c1-12(2)11-21-16-5-3-4-15(10-16)19-17(20)13-6-8-14(18)9-7-13/h3-10,12H,11,18H2,1-2H3,(H,19,20). The van der Waals surface area contributed by atoms with Crippen LogP contribution in [0.1, 0.15) is 24.2 Å². The number of benzene rings is 2. The quantitative estimate of drug-likeness (QED) is 0.825. The van der Waals surface area contributed by atoms with Gasteiger partial charge in [0, 0.05) is 23.0 Å². The van der Waals surface area contributed by atoms with Crippen LogP contribution in [0.4, 0.5) is 11.4 Å². The molecule has 110 valence electrons. The van der Waals surface area contributed by atoms with Gasteiger partial charge in [-0.1, -0.05) is 19.9 Å². The summed E-state index contributed by atoms with van der Waals surface area (Å²) < 4.78 is 5.64. The lowest BCUT2D eigenvalue weighted by atomic mass is 10.2. The summed E-state index contributed by atoms with van der Waals surface area (Å²) in [4.78, 5) is 12.1. The number of carbonyl (C=O) groups excluding carboxylic acids is 1. The van der Waals surface area contributed by atoms with E-state index in [1.807, 2.05) is 24.3 Å². The lowest BCUT2D eigenvalue weighted by Crippen LogP contribution is -2.12. The molecule has 0 aliphatic carbocycles. The predicted molar refractivity (Wildman–Crippen MR) is 85.6 cm³/mol. The van der Waals surface area contributed by atoms with Gasteiger partial charge in [-0.05, 0) is 42.3 Å². The number of amides is 1. The second kappa shape index (κ2) is 6.79. The minimum absolute atomic E-state index is 0.170. The summed E-state index contributed by atoms with van der Waals surface area (Å²) in [5, 5.41) is 2.85.